The van der Waals surface area contributed by atoms with Crippen LogP contribution in [0.4, 0.5) is 0 Å². The van der Waals surface area contributed by atoms with Crippen LogP contribution in [0.15, 0.2) is 0 Å². The van der Waals surface area contributed by atoms with Gasteiger partial charge in [-0.05, 0) is 38.3 Å². The Labute approximate surface area is 79.3 Å². The minimum Gasteiger partial charge on any atom is -0.356 e. The van der Waals surface area contributed by atoms with E-state index in [-0.39, 0.29) is 0 Å². The molecule has 0 unspecified atom stereocenters. The van der Waals surface area contributed by atoms with E-state index in [9.17, 15) is 4.79 Å². The smallest absolute Gasteiger partial charge is 0.223 e. The number of carbonyl (C=O) groups is 1. The highest BCUT2D eigenvalue weighted by molar-refractivity contribution is 5.79. The van der Waals surface area contributed by atoms with Gasteiger partial charge in [-0.2, -0.15) is 0 Å². The van der Waals surface area contributed by atoms with Gasteiger partial charge in [0, 0.05) is 12.5 Å². The van der Waals surface area contributed by atoms with Crippen molar-refractivity contribution in [1.29, 1.82) is 0 Å². The fraction of sp³-hybridized carbons (Fsp3) is 0.900. The summed E-state index contributed by atoms with van der Waals surface area (Å²) >= 11 is 0. The van der Waals surface area contributed by atoms with E-state index in [0.717, 1.165) is 44.8 Å². The number of carbonyl (C=O) groups excluding carboxylic acids is 1. The molecule has 1 heterocycles. The average Bonchev–Trinajstić information content (AvgIpc) is 1.90. The predicted octanol–water partition coefficient (Wildman–Crippen LogP) is 0.512. The quantitative estimate of drug-likeness (QED) is 0.665. The first kappa shape index (κ1) is 9.00. The van der Waals surface area contributed by atoms with Crippen molar-refractivity contribution in [2.45, 2.75) is 25.7 Å². The lowest BCUT2D eigenvalue weighted by Gasteiger charge is -2.28. The van der Waals surface area contributed by atoms with Gasteiger partial charge in [0.1, 0.15) is 0 Å². The van der Waals surface area contributed by atoms with Gasteiger partial charge < -0.3 is 10.6 Å². The zero-order valence-electron chi connectivity index (χ0n) is 8.01. The van der Waals surface area contributed by atoms with Crippen LogP contribution in [0.3, 0.4) is 0 Å². The summed E-state index contributed by atoms with van der Waals surface area (Å²) in [5.74, 6) is 1.44. The van der Waals surface area contributed by atoms with Gasteiger partial charge >= 0.3 is 0 Å². The summed E-state index contributed by atoms with van der Waals surface area (Å²) in [5, 5.41) is 6.25. The number of hydrogen-bond acceptors (Lipinski definition) is 2. The second-order valence-corrected chi connectivity index (χ2v) is 4.23. The molecule has 0 aromatic rings. The van der Waals surface area contributed by atoms with Crippen LogP contribution in [0.2, 0.25) is 0 Å². The maximum Gasteiger partial charge on any atom is 0.223 e. The summed E-state index contributed by atoms with van der Waals surface area (Å²) in [4.78, 5) is 11.4. The van der Waals surface area contributed by atoms with Crippen LogP contribution >= 0.6 is 0 Å². The Morgan fingerprint density at radius 2 is 2.15 bits per heavy atom. The van der Waals surface area contributed by atoms with E-state index in [2.05, 4.69) is 10.6 Å². The second-order valence-electron chi connectivity index (χ2n) is 4.23. The van der Waals surface area contributed by atoms with E-state index in [1.54, 1.807) is 0 Å². The van der Waals surface area contributed by atoms with Crippen molar-refractivity contribution in [2.24, 2.45) is 11.8 Å². The van der Waals surface area contributed by atoms with Crippen molar-refractivity contribution < 1.29 is 4.79 Å². The van der Waals surface area contributed by atoms with Gasteiger partial charge in [0.25, 0.3) is 0 Å². The standard InChI is InChI=1S/C10H18N2O/c13-10(9-2-1-3-9)12-5-4-8-6-11-7-8/h8-9,11H,1-7H2,(H,12,13). The molecule has 74 valence electrons. The molecule has 2 N–H and O–H groups in total. The summed E-state index contributed by atoms with van der Waals surface area (Å²) in [6.45, 7) is 3.15. The fourth-order valence-electron chi connectivity index (χ4n) is 1.77. The summed E-state index contributed by atoms with van der Waals surface area (Å²) < 4.78 is 0. The maximum atomic E-state index is 11.4. The van der Waals surface area contributed by atoms with Gasteiger partial charge in [0.05, 0.1) is 0 Å². The molecule has 2 fully saturated rings. The molecule has 1 amide bonds. The molecule has 0 aromatic carbocycles. The normalized spacial score (nSPS) is 23.4. The number of nitrogens with one attached hydrogen (secondary N) is 2. The lowest BCUT2D eigenvalue weighted by Crippen LogP contribution is -2.44. The molecule has 0 aromatic heterocycles. The highest BCUT2D eigenvalue weighted by Gasteiger charge is 2.25. The van der Waals surface area contributed by atoms with E-state index >= 15 is 0 Å². The molecule has 0 bridgehead atoms. The Hall–Kier alpha value is -0.570. The SMILES string of the molecule is O=C(NCCC1CNC1)C1CCC1. The molecule has 3 nitrogen and oxygen atoms in total. The topological polar surface area (TPSA) is 41.1 Å². The van der Waals surface area contributed by atoms with E-state index in [0.29, 0.717) is 11.8 Å². The van der Waals surface area contributed by atoms with Crippen molar-refractivity contribution in [2.75, 3.05) is 19.6 Å². The van der Waals surface area contributed by atoms with Crippen LogP contribution in [0.5, 0.6) is 0 Å². The Morgan fingerprint density at radius 1 is 1.38 bits per heavy atom. The zero-order valence-corrected chi connectivity index (χ0v) is 8.01. The minimum atomic E-state index is 0.290. The minimum absolute atomic E-state index is 0.290. The average molecular weight is 182 g/mol. The molecule has 1 aliphatic carbocycles. The molecule has 2 rings (SSSR count). The lowest BCUT2D eigenvalue weighted by atomic mass is 9.85. The van der Waals surface area contributed by atoms with Gasteiger partial charge in [0.15, 0.2) is 0 Å². The van der Waals surface area contributed by atoms with Crippen molar-refractivity contribution in [3.63, 3.8) is 0 Å². The molecule has 2 aliphatic rings. The molecule has 1 saturated carbocycles. The first-order valence-corrected chi connectivity index (χ1v) is 5.34. The number of hydrogen-bond donors (Lipinski definition) is 2. The zero-order chi connectivity index (χ0) is 9.10. The van der Waals surface area contributed by atoms with Crippen LogP contribution in [-0.2, 0) is 4.79 Å². The van der Waals surface area contributed by atoms with Crippen LogP contribution in [0, 0.1) is 11.8 Å². The second kappa shape index (κ2) is 4.09. The van der Waals surface area contributed by atoms with Gasteiger partial charge in [-0.1, -0.05) is 6.42 Å². The van der Waals surface area contributed by atoms with E-state index in [1.807, 2.05) is 0 Å². The van der Waals surface area contributed by atoms with Gasteiger partial charge in [0.2, 0.25) is 5.91 Å². The first-order chi connectivity index (χ1) is 6.36. The third-order valence-corrected chi connectivity index (χ3v) is 3.19. The summed E-state index contributed by atoms with van der Waals surface area (Å²) in [7, 11) is 0. The molecule has 13 heavy (non-hydrogen) atoms. The number of amides is 1. The summed E-state index contributed by atoms with van der Waals surface area (Å²) in [5.41, 5.74) is 0. The van der Waals surface area contributed by atoms with Crippen LogP contribution in [0.1, 0.15) is 25.7 Å². The van der Waals surface area contributed by atoms with Crippen molar-refractivity contribution in [3.8, 4) is 0 Å². The van der Waals surface area contributed by atoms with Gasteiger partial charge in [-0.3, -0.25) is 4.79 Å². The Kier molecular flexibility index (Phi) is 2.83. The first-order valence-electron chi connectivity index (χ1n) is 5.34. The summed E-state index contributed by atoms with van der Waals surface area (Å²) in [6, 6.07) is 0. The van der Waals surface area contributed by atoms with Crippen LogP contribution in [-0.4, -0.2) is 25.5 Å². The molecule has 3 heteroatoms. The molecule has 0 radical (unpaired) electrons. The lowest BCUT2D eigenvalue weighted by molar-refractivity contribution is -0.127. The fourth-order valence-corrected chi connectivity index (χ4v) is 1.77. The van der Waals surface area contributed by atoms with Crippen LogP contribution < -0.4 is 10.6 Å². The maximum absolute atomic E-state index is 11.4. The Bertz CT molecular complexity index is 185. The van der Waals surface area contributed by atoms with E-state index in [1.165, 1.54) is 6.42 Å². The molecule has 1 saturated heterocycles. The monoisotopic (exact) mass is 182 g/mol. The van der Waals surface area contributed by atoms with Crippen LogP contribution in [0.25, 0.3) is 0 Å². The molecule has 0 spiro atoms. The Morgan fingerprint density at radius 3 is 2.62 bits per heavy atom. The molecule has 1 aliphatic heterocycles. The van der Waals surface area contributed by atoms with Crippen molar-refractivity contribution in [3.05, 3.63) is 0 Å². The molecule has 0 atom stereocenters. The third-order valence-electron chi connectivity index (χ3n) is 3.19. The third kappa shape index (κ3) is 2.21. The van der Waals surface area contributed by atoms with Crippen molar-refractivity contribution in [1.82, 2.24) is 10.6 Å². The van der Waals surface area contributed by atoms with E-state index < -0.39 is 0 Å². The Balaban J connectivity index is 1.53. The van der Waals surface area contributed by atoms with Gasteiger partial charge in [-0.25, -0.2) is 0 Å². The molecular formula is C10H18N2O. The highest BCUT2D eigenvalue weighted by Crippen LogP contribution is 2.26. The largest absolute Gasteiger partial charge is 0.356 e. The summed E-state index contributed by atoms with van der Waals surface area (Å²) in [6.07, 6.45) is 4.60. The van der Waals surface area contributed by atoms with Gasteiger partial charge in [-0.15, -0.1) is 0 Å². The highest BCUT2D eigenvalue weighted by atomic mass is 16.1. The van der Waals surface area contributed by atoms with Crippen molar-refractivity contribution >= 4 is 5.91 Å². The predicted molar refractivity (Wildman–Crippen MR) is 51.3 cm³/mol. The molecular weight excluding hydrogens is 164 g/mol. The van der Waals surface area contributed by atoms with E-state index in [4.69, 9.17) is 0 Å². The number of rotatable bonds is 4.